The molecular formula is C24H21N7O3. The van der Waals surface area contributed by atoms with Crippen molar-refractivity contribution in [2.24, 2.45) is 0 Å². The first-order valence-electron chi connectivity index (χ1n) is 11.0. The molecule has 6 rings (SSSR count). The highest BCUT2D eigenvalue weighted by atomic mass is 16.4. The Morgan fingerprint density at radius 1 is 1.15 bits per heavy atom. The summed E-state index contributed by atoms with van der Waals surface area (Å²) in [5.41, 5.74) is 0.841. The van der Waals surface area contributed by atoms with Crippen LogP contribution < -0.4 is 10.5 Å². The monoisotopic (exact) mass is 455 g/mol. The number of nitrogens with zero attached hydrogens (tertiary/aromatic N) is 6. The molecule has 5 aromatic rings. The summed E-state index contributed by atoms with van der Waals surface area (Å²) in [4.78, 5) is 39.3. The third-order valence-electron chi connectivity index (χ3n) is 6.64. The predicted octanol–water partition coefficient (Wildman–Crippen LogP) is 2.97. The number of H-pyrrole nitrogens is 1. The smallest absolute Gasteiger partial charge is 0.338 e. The van der Waals surface area contributed by atoms with Gasteiger partial charge in [-0.3, -0.25) is 9.36 Å². The molecule has 1 aliphatic rings. The number of carboxylic acid groups (broad SMARTS) is 1. The van der Waals surface area contributed by atoms with E-state index >= 15 is 0 Å². The molecule has 0 aliphatic carbocycles. The van der Waals surface area contributed by atoms with Crippen LogP contribution in [0.4, 0.5) is 5.82 Å². The minimum Gasteiger partial charge on any atom is -0.478 e. The molecular weight excluding hydrogens is 434 g/mol. The molecule has 170 valence electrons. The SMILES string of the molecule is CC1(c2nn3cccc3c(=O)n2-c2ccccc2)CCCN1c1ncnc2[nH]cc(C(=O)O)c12. The van der Waals surface area contributed by atoms with E-state index in [4.69, 9.17) is 5.10 Å². The van der Waals surface area contributed by atoms with E-state index < -0.39 is 11.5 Å². The van der Waals surface area contributed by atoms with Crippen molar-refractivity contribution >= 4 is 28.3 Å². The molecule has 10 heteroatoms. The van der Waals surface area contributed by atoms with E-state index in [9.17, 15) is 14.7 Å². The molecule has 0 saturated carbocycles. The zero-order valence-corrected chi connectivity index (χ0v) is 18.3. The van der Waals surface area contributed by atoms with Crippen LogP contribution in [0.5, 0.6) is 0 Å². The average Bonchev–Trinajstić information content (AvgIpc) is 3.58. The largest absolute Gasteiger partial charge is 0.478 e. The van der Waals surface area contributed by atoms with Crippen molar-refractivity contribution in [1.29, 1.82) is 0 Å². The van der Waals surface area contributed by atoms with Gasteiger partial charge in [-0.15, -0.1) is 0 Å². The van der Waals surface area contributed by atoms with Crippen molar-refractivity contribution in [2.75, 3.05) is 11.4 Å². The molecule has 10 nitrogen and oxygen atoms in total. The van der Waals surface area contributed by atoms with Gasteiger partial charge < -0.3 is 15.0 Å². The van der Waals surface area contributed by atoms with E-state index in [0.717, 1.165) is 6.42 Å². The van der Waals surface area contributed by atoms with Crippen molar-refractivity contribution in [1.82, 2.24) is 29.1 Å². The summed E-state index contributed by atoms with van der Waals surface area (Å²) in [6.45, 7) is 2.65. The van der Waals surface area contributed by atoms with E-state index in [2.05, 4.69) is 15.0 Å². The van der Waals surface area contributed by atoms with Gasteiger partial charge in [-0.05, 0) is 44.0 Å². The number of hydrogen-bond acceptors (Lipinski definition) is 6. The topological polar surface area (TPSA) is 121 Å². The highest BCUT2D eigenvalue weighted by Crippen LogP contribution is 2.43. The Morgan fingerprint density at radius 2 is 1.97 bits per heavy atom. The van der Waals surface area contributed by atoms with E-state index in [0.29, 0.717) is 46.8 Å². The van der Waals surface area contributed by atoms with Crippen LogP contribution in [0.25, 0.3) is 22.2 Å². The second kappa shape index (κ2) is 7.27. The maximum Gasteiger partial charge on any atom is 0.338 e. The fourth-order valence-corrected chi connectivity index (χ4v) is 5.01. The third-order valence-corrected chi connectivity index (χ3v) is 6.64. The van der Waals surface area contributed by atoms with Crippen LogP contribution in [0.15, 0.2) is 66.0 Å². The van der Waals surface area contributed by atoms with E-state index in [1.54, 1.807) is 27.4 Å². The Kier molecular flexibility index (Phi) is 4.31. The van der Waals surface area contributed by atoms with Gasteiger partial charge in [0, 0.05) is 18.9 Å². The summed E-state index contributed by atoms with van der Waals surface area (Å²) in [5.74, 6) is 0.00506. The van der Waals surface area contributed by atoms with Gasteiger partial charge in [0.05, 0.1) is 22.2 Å². The summed E-state index contributed by atoms with van der Waals surface area (Å²) >= 11 is 0. The van der Waals surface area contributed by atoms with Crippen molar-refractivity contribution in [3.05, 3.63) is 82.9 Å². The summed E-state index contributed by atoms with van der Waals surface area (Å²) in [5, 5.41) is 15.1. The van der Waals surface area contributed by atoms with Gasteiger partial charge >= 0.3 is 5.97 Å². The molecule has 4 aromatic heterocycles. The predicted molar refractivity (Wildman–Crippen MR) is 126 cm³/mol. The zero-order chi connectivity index (χ0) is 23.4. The zero-order valence-electron chi connectivity index (χ0n) is 18.3. The lowest BCUT2D eigenvalue weighted by Gasteiger charge is -2.37. The van der Waals surface area contributed by atoms with E-state index in [1.165, 1.54) is 12.5 Å². The van der Waals surface area contributed by atoms with E-state index in [-0.39, 0.29) is 11.1 Å². The van der Waals surface area contributed by atoms with Gasteiger partial charge in [0.1, 0.15) is 23.3 Å². The third kappa shape index (κ3) is 2.78. The lowest BCUT2D eigenvalue weighted by atomic mass is 9.96. The minimum absolute atomic E-state index is 0.106. The number of para-hydroxylation sites is 1. The molecule has 1 unspecified atom stereocenters. The van der Waals surface area contributed by atoms with Crippen LogP contribution >= 0.6 is 0 Å². The number of carbonyl (C=O) groups is 1. The molecule has 1 atom stereocenters. The normalized spacial score (nSPS) is 18.2. The summed E-state index contributed by atoms with van der Waals surface area (Å²) in [7, 11) is 0. The number of aromatic carboxylic acids is 1. The van der Waals surface area contributed by atoms with Gasteiger partial charge in [0.25, 0.3) is 5.56 Å². The molecule has 1 aliphatic heterocycles. The Morgan fingerprint density at radius 3 is 2.76 bits per heavy atom. The van der Waals surface area contributed by atoms with Crippen LogP contribution in [-0.2, 0) is 5.54 Å². The van der Waals surface area contributed by atoms with Crippen molar-refractivity contribution in [3.63, 3.8) is 0 Å². The highest BCUT2D eigenvalue weighted by Gasteiger charge is 2.44. The number of nitrogens with one attached hydrogen (secondary N) is 1. The number of rotatable bonds is 4. The van der Waals surface area contributed by atoms with Gasteiger partial charge in [0.2, 0.25) is 0 Å². The molecule has 0 spiro atoms. The summed E-state index contributed by atoms with van der Waals surface area (Å²) < 4.78 is 3.26. The van der Waals surface area contributed by atoms with E-state index in [1.807, 2.05) is 42.2 Å². The number of benzene rings is 1. The maximum atomic E-state index is 13.6. The average molecular weight is 455 g/mol. The number of aromatic amines is 1. The number of hydrogen-bond donors (Lipinski definition) is 2. The second-order valence-electron chi connectivity index (χ2n) is 8.60. The summed E-state index contributed by atoms with van der Waals surface area (Å²) in [6, 6.07) is 13.0. The lowest BCUT2D eigenvalue weighted by molar-refractivity contribution is 0.0699. The number of anilines is 1. The Bertz CT molecular complexity index is 1620. The molecule has 2 N–H and O–H groups in total. The molecule has 5 heterocycles. The first kappa shape index (κ1) is 20.2. The molecule has 0 bridgehead atoms. The van der Waals surface area contributed by atoms with Crippen LogP contribution in [0.1, 0.15) is 35.9 Å². The molecule has 34 heavy (non-hydrogen) atoms. The van der Waals surface area contributed by atoms with Gasteiger partial charge in [-0.2, -0.15) is 5.10 Å². The standard InChI is InChI=1S/C24H21N7O3/c1-24(10-6-11-29(24)20-18-16(22(33)34)13-25-19(18)26-14-27-20)23-28-30-12-5-9-17(30)21(32)31(23)15-7-3-2-4-8-15/h2-5,7-9,12-14H,6,10-11H2,1H3,(H,33,34)(H,25,26,27). The number of fused-ring (bicyclic) bond motifs is 2. The maximum absolute atomic E-state index is 13.6. The minimum atomic E-state index is -1.06. The van der Waals surface area contributed by atoms with Gasteiger partial charge in [-0.1, -0.05) is 18.2 Å². The van der Waals surface area contributed by atoms with Crippen molar-refractivity contribution in [2.45, 2.75) is 25.3 Å². The Labute approximate surface area is 193 Å². The fourth-order valence-electron chi connectivity index (χ4n) is 5.01. The Balaban J connectivity index is 1.64. The molecule has 0 amide bonds. The van der Waals surface area contributed by atoms with Crippen molar-refractivity contribution in [3.8, 4) is 5.69 Å². The van der Waals surface area contributed by atoms with Gasteiger partial charge in [0.15, 0.2) is 5.82 Å². The van der Waals surface area contributed by atoms with Gasteiger partial charge in [-0.25, -0.2) is 19.3 Å². The molecule has 0 radical (unpaired) electrons. The van der Waals surface area contributed by atoms with Crippen LogP contribution in [0.3, 0.4) is 0 Å². The van der Waals surface area contributed by atoms with Crippen LogP contribution in [0.2, 0.25) is 0 Å². The van der Waals surface area contributed by atoms with Crippen LogP contribution in [-0.4, -0.2) is 46.8 Å². The summed E-state index contributed by atoms with van der Waals surface area (Å²) in [6.07, 6.45) is 6.14. The molecule has 1 aromatic carbocycles. The fraction of sp³-hybridized carbons (Fsp3) is 0.208. The quantitative estimate of drug-likeness (QED) is 0.427. The molecule has 1 saturated heterocycles. The second-order valence-corrected chi connectivity index (χ2v) is 8.60. The lowest BCUT2D eigenvalue weighted by Crippen LogP contribution is -2.45. The van der Waals surface area contributed by atoms with Crippen molar-refractivity contribution < 1.29 is 9.90 Å². The Hall–Kier alpha value is -4.47. The number of carboxylic acids is 1. The van der Waals surface area contributed by atoms with Crippen LogP contribution in [0, 0.1) is 0 Å². The number of aromatic nitrogens is 6. The highest BCUT2D eigenvalue weighted by molar-refractivity contribution is 6.06. The molecule has 1 fully saturated rings. The first-order chi connectivity index (χ1) is 16.5. The first-order valence-corrected chi connectivity index (χ1v) is 11.0.